The largest absolute Gasteiger partial charge is 0.416 e. The molecule has 2 nitrogen and oxygen atoms in total. The van der Waals surface area contributed by atoms with Crippen LogP contribution in [0.25, 0.3) is 0 Å². The average Bonchev–Trinajstić information content (AvgIpc) is 2.18. The Morgan fingerprint density at radius 1 is 1.22 bits per heavy atom. The molecule has 1 unspecified atom stereocenters. The minimum absolute atomic E-state index is 0.304. The Kier molecular flexibility index (Phi) is 4.46. The molecule has 0 radical (unpaired) electrons. The van der Waals surface area contributed by atoms with Gasteiger partial charge in [-0.25, -0.2) is 0 Å². The number of nitrogens with two attached hydrogens (primary N) is 1. The Labute approximate surface area is 113 Å². The molecule has 3 N–H and O–H groups in total. The van der Waals surface area contributed by atoms with Crippen LogP contribution in [0.1, 0.15) is 37.9 Å². The van der Waals surface area contributed by atoms with E-state index < -0.39 is 11.7 Å². The van der Waals surface area contributed by atoms with Crippen LogP contribution in [-0.4, -0.2) is 0 Å². The fourth-order valence-electron chi connectivity index (χ4n) is 1.75. The fraction of sp³-hybridized carbons (Fsp3) is 0.500. The second-order valence-corrected chi connectivity index (χ2v) is 6.05. The van der Waals surface area contributed by atoms with E-state index in [2.05, 4.69) is 21.4 Å². The highest BCUT2D eigenvalue weighted by Crippen LogP contribution is 2.39. The maximum atomic E-state index is 12.7. The summed E-state index contributed by atoms with van der Waals surface area (Å²) >= 11 is 3.27. The lowest BCUT2D eigenvalue weighted by Gasteiger charge is -2.31. The van der Waals surface area contributed by atoms with Crippen molar-refractivity contribution in [1.82, 2.24) is 5.43 Å². The summed E-state index contributed by atoms with van der Waals surface area (Å²) in [7, 11) is 0. The molecular weight excluding hydrogens is 309 g/mol. The highest BCUT2D eigenvalue weighted by molar-refractivity contribution is 9.10. The summed E-state index contributed by atoms with van der Waals surface area (Å²) in [5, 5.41) is 0. The van der Waals surface area contributed by atoms with Gasteiger partial charge in [-0.1, -0.05) is 36.7 Å². The molecule has 0 saturated heterocycles. The van der Waals surface area contributed by atoms with Crippen LogP contribution in [-0.2, 0) is 6.18 Å². The number of hydrogen-bond acceptors (Lipinski definition) is 2. The van der Waals surface area contributed by atoms with E-state index in [-0.39, 0.29) is 11.5 Å². The van der Waals surface area contributed by atoms with E-state index in [0.29, 0.717) is 10.0 Å². The first-order chi connectivity index (χ1) is 8.07. The molecule has 0 amide bonds. The zero-order valence-electron chi connectivity index (χ0n) is 10.4. The minimum atomic E-state index is -4.35. The van der Waals surface area contributed by atoms with Gasteiger partial charge in [-0.3, -0.25) is 11.3 Å². The first kappa shape index (κ1) is 15.5. The molecule has 1 aromatic carbocycles. The lowest BCUT2D eigenvalue weighted by Crippen LogP contribution is -2.37. The SMILES string of the molecule is CC(C)(C)C(NN)c1cc(C(F)(F)F)ccc1Br. The Hall–Kier alpha value is -0.590. The van der Waals surface area contributed by atoms with Gasteiger partial charge in [-0.15, -0.1) is 0 Å². The summed E-state index contributed by atoms with van der Waals surface area (Å²) in [4.78, 5) is 0. The zero-order valence-corrected chi connectivity index (χ0v) is 12.0. The molecule has 0 fully saturated rings. The lowest BCUT2D eigenvalue weighted by atomic mass is 9.82. The summed E-state index contributed by atoms with van der Waals surface area (Å²) in [6.45, 7) is 5.72. The van der Waals surface area contributed by atoms with Gasteiger partial charge in [-0.2, -0.15) is 13.2 Å². The number of halogens is 4. The van der Waals surface area contributed by atoms with Gasteiger partial charge in [0.15, 0.2) is 0 Å². The zero-order chi connectivity index (χ0) is 14.1. The Bertz CT molecular complexity index is 424. The van der Waals surface area contributed by atoms with E-state index in [1.165, 1.54) is 6.07 Å². The minimum Gasteiger partial charge on any atom is -0.271 e. The summed E-state index contributed by atoms with van der Waals surface area (Å²) in [5.41, 5.74) is 2.10. The highest BCUT2D eigenvalue weighted by atomic mass is 79.9. The van der Waals surface area contributed by atoms with Crippen LogP contribution in [0.3, 0.4) is 0 Å². The molecule has 0 aliphatic carbocycles. The van der Waals surface area contributed by atoms with Crippen LogP contribution in [0.15, 0.2) is 22.7 Å². The van der Waals surface area contributed by atoms with Crippen molar-refractivity contribution in [1.29, 1.82) is 0 Å². The summed E-state index contributed by atoms with van der Waals surface area (Å²) in [5.74, 6) is 5.47. The van der Waals surface area contributed by atoms with Gasteiger partial charge in [-0.05, 0) is 29.2 Å². The Morgan fingerprint density at radius 3 is 2.17 bits per heavy atom. The molecule has 1 aromatic rings. The molecule has 0 spiro atoms. The standard InChI is InChI=1S/C12H16BrF3N2/c1-11(2,3)10(18-17)8-6-7(12(14,15)16)4-5-9(8)13/h4-6,10,18H,17H2,1-3H3. The van der Waals surface area contributed by atoms with E-state index in [1.54, 1.807) is 0 Å². The summed E-state index contributed by atoms with van der Waals surface area (Å²) in [6.07, 6.45) is -4.35. The Balaban J connectivity index is 3.31. The van der Waals surface area contributed by atoms with Crippen LogP contribution >= 0.6 is 15.9 Å². The lowest BCUT2D eigenvalue weighted by molar-refractivity contribution is -0.137. The molecule has 6 heteroatoms. The number of alkyl halides is 3. The van der Waals surface area contributed by atoms with Crippen molar-refractivity contribution in [3.05, 3.63) is 33.8 Å². The van der Waals surface area contributed by atoms with E-state index >= 15 is 0 Å². The van der Waals surface area contributed by atoms with Crippen LogP contribution in [0, 0.1) is 5.41 Å². The predicted molar refractivity (Wildman–Crippen MR) is 68.7 cm³/mol. The van der Waals surface area contributed by atoms with Gasteiger partial charge in [0.05, 0.1) is 11.6 Å². The first-order valence-corrected chi connectivity index (χ1v) is 6.19. The van der Waals surface area contributed by atoms with Gasteiger partial charge in [0.2, 0.25) is 0 Å². The molecule has 0 aromatic heterocycles. The normalized spacial score (nSPS) is 14.7. The van der Waals surface area contributed by atoms with Crippen LogP contribution < -0.4 is 11.3 Å². The maximum Gasteiger partial charge on any atom is 0.416 e. The van der Waals surface area contributed by atoms with Gasteiger partial charge < -0.3 is 0 Å². The topological polar surface area (TPSA) is 38.0 Å². The third-order valence-corrected chi connectivity index (χ3v) is 3.39. The number of hydrogen-bond donors (Lipinski definition) is 2. The molecule has 0 heterocycles. The van der Waals surface area contributed by atoms with Gasteiger partial charge >= 0.3 is 6.18 Å². The molecule has 1 rings (SSSR count). The average molecular weight is 325 g/mol. The molecule has 0 aliphatic rings. The second-order valence-electron chi connectivity index (χ2n) is 5.20. The van der Waals surface area contributed by atoms with Crippen molar-refractivity contribution in [3.63, 3.8) is 0 Å². The van der Waals surface area contributed by atoms with Crippen molar-refractivity contribution in [3.8, 4) is 0 Å². The Morgan fingerprint density at radius 2 is 1.78 bits per heavy atom. The molecule has 102 valence electrons. The van der Waals surface area contributed by atoms with Gasteiger partial charge in [0, 0.05) is 4.47 Å². The summed E-state index contributed by atoms with van der Waals surface area (Å²) in [6, 6.07) is 3.19. The van der Waals surface area contributed by atoms with Crippen molar-refractivity contribution in [2.45, 2.75) is 33.0 Å². The van der Waals surface area contributed by atoms with Gasteiger partial charge in [0.1, 0.15) is 0 Å². The molecular formula is C12H16BrF3N2. The fourth-order valence-corrected chi connectivity index (χ4v) is 2.22. The van der Waals surface area contributed by atoms with E-state index in [0.717, 1.165) is 12.1 Å². The highest BCUT2D eigenvalue weighted by Gasteiger charge is 2.33. The van der Waals surface area contributed by atoms with E-state index in [4.69, 9.17) is 5.84 Å². The first-order valence-electron chi connectivity index (χ1n) is 5.40. The smallest absolute Gasteiger partial charge is 0.271 e. The quantitative estimate of drug-likeness (QED) is 0.637. The van der Waals surface area contributed by atoms with Crippen molar-refractivity contribution >= 4 is 15.9 Å². The van der Waals surface area contributed by atoms with Crippen LogP contribution in [0.2, 0.25) is 0 Å². The number of nitrogens with one attached hydrogen (secondary N) is 1. The van der Waals surface area contributed by atoms with Crippen molar-refractivity contribution in [2.24, 2.45) is 11.3 Å². The number of hydrazine groups is 1. The van der Waals surface area contributed by atoms with E-state index in [1.807, 2.05) is 20.8 Å². The summed E-state index contributed by atoms with van der Waals surface area (Å²) < 4.78 is 38.7. The van der Waals surface area contributed by atoms with E-state index in [9.17, 15) is 13.2 Å². The molecule has 0 aliphatic heterocycles. The molecule has 0 bridgehead atoms. The van der Waals surface area contributed by atoms with Crippen molar-refractivity contribution < 1.29 is 13.2 Å². The third-order valence-electron chi connectivity index (χ3n) is 2.67. The number of rotatable bonds is 2. The van der Waals surface area contributed by atoms with Crippen LogP contribution in [0.4, 0.5) is 13.2 Å². The van der Waals surface area contributed by atoms with Crippen LogP contribution in [0.5, 0.6) is 0 Å². The predicted octanol–water partition coefficient (Wildman–Crippen LogP) is 4.02. The molecule has 1 atom stereocenters. The molecule has 18 heavy (non-hydrogen) atoms. The maximum absolute atomic E-state index is 12.7. The molecule has 0 saturated carbocycles. The number of benzene rings is 1. The second kappa shape index (κ2) is 5.19. The monoisotopic (exact) mass is 324 g/mol. The van der Waals surface area contributed by atoms with Gasteiger partial charge in [0.25, 0.3) is 0 Å². The third kappa shape index (κ3) is 3.46. The van der Waals surface area contributed by atoms with Crippen molar-refractivity contribution in [2.75, 3.05) is 0 Å².